The second kappa shape index (κ2) is 8.14. The standard InChI is InChI=1S/C12H10F12O3/c1-2-6(25)26-4-3-9(17,12(22,23)24)27-5-8(15,16)11(20,21)10(18,19)7(13)14/h2,7H,1,3-5H2. The molecular weight excluding hydrogens is 420 g/mol. The number of carbonyl (C=O) groups excluding carboxylic acids is 1. The number of alkyl halides is 12. The number of hydrogen-bond acceptors (Lipinski definition) is 3. The third-order valence-electron chi connectivity index (χ3n) is 2.89. The number of carbonyl (C=O) groups is 1. The molecule has 0 heterocycles. The molecule has 0 fully saturated rings. The first-order valence-electron chi connectivity index (χ1n) is 6.46. The molecule has 0 aliphatic heterocycles. The van der Waals surface area contributed by atoms with Crippen LogP contribution in [-0.4, -0.2) is 55.4 Å². The van der Waals surface area contributed by atoms with Gasteiger partial charge in [0.15, 0.2) is 0 Å². The molecule has 0 aliphatic carbocycles. The highest BCUT2D eigenvalue weighted by molar-refractivity contribution is 5.81. The average Bonchev–Trinajstić information content (AvgIpc) is 2.51. The zero-order valence-corrected chi connectivity index (χ0v) is 12.7. The quantitative estimate of drug-likeness (QED) is 0.291. The zero-order valence-electron chi connectivity index (χ0n) is 12.7. The summed E-state index contributed by atoms with van der Waals surface area (Å²) < 4.78 is 160. The lowest BCUT2D eigenvalue weighted by Gasteiger charge is -2.34. The second-order valence-electron chi connectivity index (χ2n) is 4.84. The first-order chi connectivity index (χ1) is 11.9. The normalized spacial score (nSPS) is 16.2. The largest absolute Gasteiger partial charge is 0.462 e. The van der Waals surface area contributed by atoms with Gasteiger partial charge in [-0.2, -0.15) is 39.5 Å². The molecule has 1 atom stereocenters. The second-order valence-corrected chi connectivity index (χ2v) is 4.84. The van der Waals surface area contributed by atoms with E-state index in [1.165, 1.54) is 0 Å². The van der Waals surface area contributed by atoms with E-state index >= 15 is 0 Å². The maximum absolute atomic E-state index is 13.7. The van der Waals surface area contributed by atoms with Gasteiger partial charge in [0.25, 0.3) is 0 Å². The summed E-state index contributed by atoms with van der Waals surface area (Å²) >= 11 is 0. The smallest absolute Gasteiger partial charge is 0.448 e. The van der Waals surface area contributed by atoms with Gasteiger partial charge < -0.3 is 9.47 Å². The van der Waals surface area contributed by atoms with Gasteiger partial charge in [-0.05, 0) is 0 Å². The monoisotopic (exact) mass is 430 g/mol. The predicted octanol–water partition coefficient (Wildman–Crippen LogP) is 4.52. The minimum atomic E-state index is -6.88. The van der Waals surface area contributed by atoms with Gasteiger partial charge in [0.05, 0.1) is 13.0 Å². The average molecular weight is 430 g/mol. The Morgan fingerprint density at radius 1 is 0.963 bits per heavy atom. The molecule has 0 aromatic heterocycles. The van der Waals surface area contributed by atoms with E-state index in [1.807, 2.05) is 0 Å². The summed E-state index contributed by atoms with van der Waals surface area (Å²) in [5.74, 6) is -26.4. The summed E-state index contributed by atoms with van der Waals surface area (Å²) in [6.07, 6.45) is -13.1. The molecular formula is C12H10F12O3. The van der Waals surface area contributed by atoms with Crippen LogP contribution in [0.25, 0.3) is 0 Å². The highest BCUT2D eigenvalue weighted by Crippen LogP contribution is 2.49. The Hall–Kier alpha value is -1.67. The van der Waals surface area contributed by atoms with E-state index in [1.54, 1.807) is 0 Å². The first kappa shape index (κ1) is 25.3. The lowest BCUT2D eigenvalue weighted by molar-refractivity contribution is -0.381. The van der Waals surface area contributed by atoms with E-state index in [4.69, 9.17) is 0 Å². The van der Waals surface area contributed by atoms with Gasteiger partial charge in [0.1, 0.15) is 6.61 Å². The van der Waals surface area contributed by atoms with Crippen LogP contribution < -0.4 is 0 Å². The van der Waals surface area contributed by atoms with Crippen LogP contribution in [0, 0.1) is 0 Å². The van der Waals surface area contributed by atoms with Crippen molar-refractivity contribution in [3.8, 4) is 0 Å². The van der Waals surface area contributed by atoms with Crippen molar-refractivity contribution in [2.75, 3.05) is 13.2 Å². The van der Waals surface area contributed by atoms with Crippen LogP contribution in [0.2, 0.25) is 0 Å². The number of rotatable bonds is 10. The fraction of sp³-hybridized carbons (Fsp3) is 0.750. The third kappa shape index (κ3) is 5.42. The summed E-state index contributed by atoms with van der Waals surface area (Å²) in [5, 5.41) is 0. The fourth-order valence-electron chi connectivity index (χ4n) is 1.31. The van der Waals surface area contributed by atoms with Crippen molar-refractivity contribution >= 4 is 5.97 Å². The predicted molar refractivity (Wildman–Crippen MR) is 62.5 cm³/mol. The molecule has 0 N–H and O–H groups in total. The van der Waals surface area contributed by atoms with Crippen LogP contribution in [0.3, 0.4) is 0 Å². The summed E-state index contributed by atoms with van der Waals surface area (Å²) in [5.41, 5.74) is 0. The van der Waals surface area contributed by atoms with Crippen LogP contribution in [0.15, 0.2) is 12.7 Å². The van der Waals surface area contributed by atoms with Crippen molar-refractivity contribution in [1.82, 2.24) is 0 Å². The van der Waals surface area contributed by atoms with Crippen molar-refractivity contribution in [3.05, 3.63) is 12.7 Å². The van der Waals surface area contributed by atoms with Gasteiger partial charge in [-0.3, -0.25) is 0 Å². The van der Waals surface area contributed by atoms with Crippen molar-refractivity contribution in [1.29, 1.82) is 0 Å². The van der Waals surface area contributed by atoms with Crippen molar-refractivity contribution in [2.24, 2.45) is 0 Å². The Morgan fingerprint density at radius 2 is 1.44 bits per heavy atom. The van der Waals surface area contributed by atoms with Crippen LogP contribution in [0.4, 0.5) is 52.7 Å². The SMILES string of the molecule is C=CC(=O)OCCC(F)(OCC(F)(F)C(F)(F)C(F)(F)C(F)F)C(F)(F)F. The molecule has 0 saturated heterocycles. The van der Waals surface area contributed by atoms with E-state index in [-0.39, 0.29) is 0 Å². The molecule has 0 amide bonds. The summed E-state index contributed by atoms with van der Waals surface area (Å²) in [4.78, 5) is 10.6. The molecule has 0 radical (unpaired) electrons. The highest BCUT2D eigenvalue weighted by atomic mass is 19.4. The Bertz CT molecular complexity index is 530. The summed E-state index contributed by atoms with van der Waals surface area (Å²) in [7, 11) is 0. The zero-order chi connectivity index (χ0) is 21.9. The fourth-order valence-corrected chi connectivity index (χ4v) is 1.31. The molecule has 0 spiro atoms. The Labute approximate surface area is 142 Å². The van der Waals surface area contributed by atoms with Crippen LogP contribution in [0.1, 0.15) is 6.42 Å². The van der Waals surface area contributed by atoms with Gasteiger partial charge in [-0.1, -0.05) is 6.58 Å². The number of halogens is 12. The molecule has 15 heteroatoms. The molecule has 3 nitrogen and oxygen atoms in total. The van der Waals surface area contributed by atoms with Crippen LogP contribution in [0.5, 0.6) is 0 Å². The highest BCUT2D eigenvalue weighted by Gasteiger charge is 2.76. The minimum Gasteiger partial charge on any atom is -0.462 e. The van der Waals surface area contributed by atoms with Crippen LogP contribution in [-0.2, 0) is 14.3 Å². The number of hydrogen-bond donors (Lipinski definition) is 0. The molecule has 160 valence electrons. The van der Waals surface area contributed by atoms with Crippen LogP contribution >= 0.6 is 0 Å². The lowest BCUT2D eigenvalue weighted by Crippen LogP contribution is -2.60. The minimum absolute atomic E-state index is 0.426. The molecule has 1 unspecified atom stereocenters. The maximum atomic E-state index is 13.7. The first-order valence-corrected chi connectivity index (χ1v) is 6.46. The van der Waals surface area contributed by atoms with Gasteiger partial charge >= 0.3 is 42.2 Å². The molecule has 0 saturated carbocycles. The third-order valence-corrected chi connectivity index (χ3v) is 2.89. The molecule has 0 aromatic carbocycles. The van der Waals surface area contributed by atoms with Crippen molar-refractivity contribution < 1.29 is 67.0 Å². The summed E-state index contributed by atoms with van der Waals surface area (Å²) in [6, 6.07) is 0. The molecule has 0 aromatic rings. The molecule has 27 heavy (non-hydrogen) atoms. The molecule has 0 bridgehead atoms. The molecule has 0 rings (SSSR count). The number of esters is 1. The Kier molecular flexibility index (Phi) is 7.64. The number of ether oxygens (including phenoxy) is 2. The van der Waals surface area contributed by atoms with E-state index in [9.17, 15) is 57.5 Å². The van der Waals surface area contributed by atoms with E-state index in [2.05, 4.69) is 16.1 Å². The summed E-state index contributed by atoms with van der Waals surface area (Å²) in [6.45, 7) is -1.98. The topological polar surface area (TPSA) is 35.5 Å². The molecule has 0 aliphatic rings. The Morgan fingerprint density at radius 3 is 1.81 bits per heavy atom. The van der Waals surface area contributed by atoms with E-state index in [0.29, 0.717) is 6.08 Å². The van der Waals surface area contributed by atoms with Crippen molar-refractivity contribution in [3.63, 3.8) is 0 Å². The van der Waals surface area contributed by atoms with E-state index < -0.39 is 61.8 Å². The van der Waals surface area contributed by atoms with Gasteiger partial charge in [0.2, 0.25) is 0 Å². The maximum Gasteiger partial charge on any atom is 0.448 e. The lowest BCUT2D eigenvalue weighted by atomic mass is 10.1. The van der Waals surface area contributed by atoms with Gasteiger partial charge in [0, 0.05) is 6.08 Å². The Balaban J connectivity index is 5.41. The van der Waals surface area contributed by atoms with Gasteiger partial charge in [-0.15, -0.1) is 0 Å². The van der Waals surface area contributed by atoms with E-state index in [0.717, 1.165) is 0 Å². The van der Waals surface area contributed by atoms with Crippen molar-refractivity contribution in [2.45, 2.75) is 42.6 Å². The van der Waals surface area contributed by atoms with Gasteiger partial charge in [-0.25, -0.2) is 18.0 Å².